The van der Waals surface area contributed by atoms with Crippen molar-refractivity contribution in [1.29, 1.82) is 0 Å². The Kier molecular flexibility index (Phi) is 4.36. The van der Waals surface area contributed by atoms with E-state index in [9.17, 15) is 4.39 Å². The molecule has 0 saturated carbocycles. The summed E-state index contributed by atoms with van der Waals surface area (Å²) in [5, 5.41) is 8.51. The first kappa shape index (κ1) is 17.4. The Labute approximate surface area is 163 Å². The van der Waals surface area contributed by atoms with Gasteiger partial charge in [0.2, 0.25) is 0 Å². The molecule has 0 amide bonds. The molecule has 2 aliphatic heterocycles. The number of aromatic nitrogens is 3. The normalized spacial score (nSPS) is 16.9. The lowest BCUT2D eigenvalue weighted by Gasteiger charge is -2.22. The van der Waals surface area contributed by atoms with Gasteiger partial charge in [0.15, 0.2) is 5.65 Å². The van der Waals surface area contributed by atoms with Crippen LogP contribution in [0.15, 0.2) is 36.7 Å². The molecule has 0 saturated heterocycles. The van der Waals surface area contributed by atoms with Crippen LogP contribution < -0.4 is 4.74 Å². The average Bonchev–Trinajstić information content (AvgIpc) is 3.37. The van der Waals surface area contributed by atoms with Crippen molar-refractivity contribution in [1.82, 2.24) is 19.5 Å². The van der Waals surface area contributed by atoms with Gasteiger partial charge in [-0.1, -0.05) is 6.08 Å². The highest BCUT2D eigenvalue weighted by atomic mass is 19.1. The summed E-state index contributed by atoms with van der Waals surface area (Å²) in [6.45, 7) is 2.65. The molecule has 144 valence electrons. The maximum absolute atomic E-state index is 14.4. The van der Waals surface area contributed by atoms with E-state index in [0.717, 1.165) is 66.1 Å². The molecular weight excluding hydrogens is 355 g/mol. The van der Waals surface area contributed by atoms with Crippen molar-refractivity contribution in [3.05, 3.63) is 64.9 Å². The SMILES string of the molecule is CN1CC=C(c2ccc(CCc3c(F)ccc4c3CCO4)n3cnnc23)CC1. The van der Waals surface area contributed by atoms with E-state index >= 15 is 0 Å². The Morgan fingerprint density at radius 1 is 1.14 bits per heavy atom. The third-order valence-corrected chi connectivity index (χ3v) is 5.87. The lowest BCUT2D eigenvalue weighted by Crippen LogP contribution is -2.23. The zero-order chi connectivity index (χ0) is 19.1. The van der Waals surface area contributed by atoms with Gasteiger partial charge >= 0.3 is 0 Å². The fraction of sp³-hybridized carbons (Fsp3) is 0.364. The van der Waals surface area contributed by atoms with Crippen LogP contribution in [0.3, 0.4) is 0 Å². The number of aryl methyl sites for hydroxylation is 1. The van der Waals surface area contributed by atoms with Gasteiger partial charge in [-0.15, -0.1) is 10.2 Å². The van der Waals surface area contributed by atoms with Gasteiger partial charge in [-0.2, -0.15) is 0 Å². The standard InChI is InChI=1S/C22H23FN4O/c1-26-11-8-15(9-12-26)17-4-2-16(27-14-24-25-22(17)27)3-5-18-19-10-13-28-21(19)7-6-20(18)23/h2,4,6-8,14H,3,5,9-13H2,1H3. The molecule has 5 rings (SSSR count). The third kappa shape index (κ3) is 2.98. The number of hydrogen-bond acceptors (Lipinski definition) is 4. The molecule has 0 radical (unpaired) electrons. The van der Waals surface area contributed by atoms with E-state index in [1.54, 1.807) is 12.4 Å². The maximum Gasteiger partial charge on any atom is 0.168 e. The number of hydrogen-bond donors (Lipinski definition) is 0. The highest BCUT2D eigenvalue weighted by molar-refractivity contribution is 5.76. The first-order valence-electron chi connectivity index (χ1n) is 9.83. The summed E-state index contributed by atoms with van der Waals surface area (Å²) in [4.78, 5) is 2.30. The molecule has 28 heavy (non-hydrogen) atoms. The van der Waals surface area contributed by atoms with Crippen molar-refractivity contribution >= 4 is 11.2 Å². The van der Waals surface area contributed by atoms with Crippen molar-refractivity contribution in [3.63, 3.8) is 0 Å². The fourth-order valence-electron chi connectivity index (χ4n) is 4.27. The second-order valence-corrected chi connectivity index (χ2v) is 7.61. The Morgan fingerprint density at radius 3 is 2.93 bits per heavy atom. The molecule has 0 aliphatic carbocycles. The summed E-state index contributed by atoms with van der Waals surface area (Å²) < 4.78 is 22.1. The smallest absolute Gasteiger partial charge is 0.168 e. The molecule has 0 bridgehead atoms. The van der Waals surface area contributed by atoms with Crippen LogP contribution in [0.2, 0.25) is 0 Å². The van der Waals surface area contributed by atoms with Gasteiger partial charge in [0.05, 0.1) is 6.61 Å². The van der Waals surface area contributed by atoms with Crippen LogP contribution >= 0.6 is 0 Å². The largest absolute Gasteiger partial charge is 0.493 e. The molecule has 2 aromatic heterocycles. The summed E-state index contributed by atoms with van der Waals surface area (Å²) in [7, 11) is 2.13. The molecule has 0 N–H and O–H groups in total. The second kappa shape index (κ2) is 7.02. The zero-order valence-electron chi connectivity index (χ0n) is 16.0. The first-order chi connectivity index (χ1) is 13.7. The first-order valence-corrected chi connectivity index (χ1v) is 9.83. The number of fused-ring (bicyclic) bond motifs is 2. The van der Waals surface area contributed by atoms with Crippen LogP contribution in [-0.4, -0.2) is 46.2 Å². The molecule has 5 nitrogen and oxygen atoms in total. The van der Waals surface area contributed by atoms with E-state index in [1.165, 1.54) is 11.6 Å². The Bertz CT molecular complexity index is 1070. The highest BCUT2D eigenvalue weighted by Crippen LogP contribution is 2.31. The van der Waals surface area contributed by atoms with Crippen LogP contribution in [0.4, 0.5) is 4.39 Å². The van der Waals surface area contributed by atoms with Crippen molar-refractivity contribution in [2.45, 2.75) is 25.7 Å². The summed E-state index contributed by atoms with van der Waals surface area (Å²) in [6, 6.07) is 7.53. The van der Waals surface area contributed by atoms with Crippen molar-refractivity contribution in [3.8, 4) is 5.75 Å². The van der Waals surface area contributed by atoms with Gasteiger partial charge < -0.3 is 9.64 Å². The molecule has 0 unspecified atom stereocenters. The molecule has 0 fully saturated rings. The summed E-state index contributed by atoms with van der Waals surface area (Å²) in [6.07, 6.45) is 7.20. The van der Waals surface area contributed by atoms with Gasteiger partial charge in [-0.3, -0.25) is 4.40 Å². The number of halogens is 1. The monoisotopic (exact) mass is 378 g/mol. The topological polar surface area (TPSA) is 42.7 Å². The molecule has 3 aromatic rings. The number of likely N-dealkylation sites (N-methyl/N-ethyl adjacent to an activating group) is 1. The summed E-state index contributed by atoms with van der Waals surface area (Å²) in [5.74, 6) is 0.688. The quantitative estimate of drug-likeness (QED) is 0.699. The maximum atomic E-state index is 14.4. The Hall–Kier alpha value is -2.73. The van der Waals surface area contributed by atoms with E-state index < -0.39 is 0 Å². The van der Waals surface area contributed by atoms with Gasteiger partial charge in [-0.05, 0) is 61.7 Å². The van der Waals surface area contributed by atoms with Crippen LogP contribution in [-0.2, 0) is 19.3 Å². The average molecular weight is 378 g/mol. The van der Waals surface area contributed by atoms with Gasteiger partial charge in [-0.25, -0.2) is 4.39 Å². The van der Waals surface area contributed by atoms with Crippen molar-refractivity contribution in [2.75, 3.05) is 26.7 Å². The Morgan fingerprint density at radius 2 is 2.07 bits per heavy atom. The van der Waals surface area contributed by atoms with Gasteiger partial charge in [0.1, 0.15) is 17.9 Å². The van der Waals surface area contributed by atoms with Gasteiger partial charge in [0, 0.05) is 36.3 Å². The molecule has 1 aromatic carbocycles. The molecule has 0 spiro atoms. The van der Waals surface area contributed by atoms with E-state index in [1.807, 2.05) is 4.40 Å². The Balaban J connectivity index is 1.45. The van der Waals surface area contributed by atoms with Crippen LogP contribution in [0.1, 0.15) is 28.8 Å². The highest BCUT2D eigenvalue weighted by Gasteiger charge is 2.20. The minimum atomic E-state index is -0.141. The van der Waals surface area contributed by atoms with Crippen LogP contribution in [0.5, 0.6) is 5.75 Å². The lowest BCUT2D eigenvalue weighted by molar-refractivity contribution is 0.356. The van der Waals surface area contributed by atoms with E-state index in [4.69, 9.17) is 4.74 Å². The zero-order valence-corrected chi connectivity index (χ0v) is 16.0. The predicted molar refractivity (Wildman–Crippen MR) is 106 cm³/mol. The van der Waals surface area contributed by atoms with E-state index in [0.29, 0.717) is 13.0 Å². The van der Waals surface area contributed by atoms with E-state index in [-0.39, 0.29) is 5.82 Å². The molecule has 6 heteroatoms. The van der Waals surface area contributed by atoms with Crippen LogP contribution in [0, 0.1) is 5.82 Å². The number of nitrogens with zero attached hydrogens (tertiary/aromatic N) is 4. The molecule has 4 heterocycles. The van der Waals surface area contributed by atoms with Crippen LogP contribution in [0.25, 0.3) is 11.2 Å². The predicted octanol–water partition coefficient (Wildman–Crippen LogP) is 3.31. The fourth-order valence-corrected chi connectivity index (χ4v) is 4.27. The number of ether oxygens (including phenoxy) is 1. The van der Waals surface area contributed by atoms with Crippen molar-refractivity contribution in [2.24, 2.45) is 0 Å². The molecule has 0 atom stereocenters. The number of benzene rings is 1. The molecular formula is C22H23FN4O. The minimum Gasteiger partial charge on any atom is -0.493 e. The number of pyridine rings is 1. The second-order valence-electron chi connectivity index (χ2n) is 7.61. The summed E-state index contributed by atoms with van der Waals surface area (Å²) in [5.41, 5.74) is 6.25. The summed E-state index contributed by atoms with van der Waals surface area (Å²) >= 11 is 0. The third-order valence-electron chi connectivity index (χ3n) is 5.87. The minimum absolute atomic E-state index is 0.141. The lowest BCUT2D eigenvalue weighted by atomic mass is 9.97. The van der Waals surface area contributed by atoms with E-state index in [2.05, 4.69) is 40.4 Å². The number of rotatable bonds is 4. The van der Waals surface area contributed by atoms with Crippen molar-refractivity contribution < 1.29 is 9.13 Å². The van der Waals surface area contributed by atoms with Gasteiger partial charge in [0.25, 0.3) is 0 Å². The molecule has 2 aliphatic rings.